The first-order valence-corrected chi connectivity index (χ1v) is 2.70. The highest BCUT2D eigenvalue weighted by Crippen LogP contribution is 2.10. The number of likely N-dealkylation sites (tertiary alicyclic amines) is 1. The van der Waals surface area contributed by atoms with Crippen molar-refractivity contribution in [3.8, 4) is 0 Å². The smallest absolute Gasteiger partial charge is 0.315 e. The second-order valence-corrected chi connectivity index (χ2v) is 1.86. The molecule has 1 heterocycles. The summed E-state index contributed by atoms with van der Waals surface area (Å²) in [5.74, 6) is 0. The Balaban J connectivity index is 2.35. The van der Waals surface area contributed by atoms with Gasteiger partial charge in [-0.3, -0.25) is 0 Å². The van der Waals surface area contributed by atoms with Gasteiger partial charge in [-0.25, -0.2) is 4.79 Å². The predicted molar refractivity (Wildman–Crippen MR) is 29.8 cm³/mol. The first-order chi connectivity index (χ1) is 3.80. The van der Waals surface area contributed by atoms with E-state index >= 15 is 0 Å². The number of hydrogen-bond donors (Lipinski definition) is 1. The lowest BCUT2D eigenvalue weighted by atomic mass is 10.4. The van der Waals surface area contributed by atoms with Crippen LogP contribution in [0, 0.1) is 6.54 Å². The number of carbonyl (C=O) groups is 1. The molecule has 0 aromatic carbocycles. The summed E-state index contributed by atoms with van der Waals surface area (Å²) in [7, 11) is 0. The third kappa shape index (κ3) is 0.911. The number of hydrogen-bond acceptors (Lipinski definition) is 1. The van der Waals surface area contributed by atoms with Crippen LogP contribution >= 0.6 is 0 Å². The van der Waals surface area contributed by atoms with Gasteiger partial charge in [0.15, 0.2) is 0 Å². The van der Waals surface area contributed by atoms with Gasteiger partial charge >= 0.3 is 6.03 Å². The van der Waals surface area contributed by atoms with Crippen molar-refractivity contribution in [2.24, 2.45) is 5.73 Å². The Kier molecular flexibility index (Phi) is 1.37. The number of primary amides is 1. The van der Waals surface area contributed by atoms with E-state index in [0.29, 0.717) is 0 Å². The SMILES string of the molecule is NC(=O)N1[CH]CCC1. The van der Waals surface area contributed by atoms with Crippen LogP contribution < -0.4 is 5.73 Å². The third-order valence-electron chi connectivity index (χ3n) is 1.24. The molecule has 3 nitrogen and oxygen atoms in total. The van der Waals surface area contributed by atoms with Gasteiger partial charge in [0, 0.05) is 6.54 Å². The van der Waals surface area contributed by atoms with E-state index in [0.717, 1.165) is 19.4 Å². The van der Waals surface area contributed by atoms with E-state index in [-0.39, 0.29) is 6.03 Å². The molecule has 2 amide bonds. The molecular weight excluding hydrogens is 104 g/mol. The molecule has 0 saturated carbocycles. The normalized spacial score (nSPS) is 19.2. The van der Waals surface area contributed by atoms with E-state index in [4.69, 9.17) is 5.73 Å². The molecule has 3 heteroatoms. The average molecular weight is 113 g/mol. The van der Waals surface area contributed by atoms with Crippen LogP contribution in [0.25, 0.3) is 0 Å². The van der Waals surface area contributed by atoms with Crippen molar-refractivity contribution in [1.82, 2.24) is 4.90 Å². The van der Waals surface area contributed by atoms with Crippen LogP contribution in [0.3, 0.4) is 0 Å². The number of nitrogens with two attached hydrogens (primary N) is 1. The molecule has 1 aliphatic rings. The van der Waals surface area contributed by atoms with Gasteiger partial charge in [-0.1, -0.05) is 0 Å². The Labute approximate surface area is 48.5 Å². The molecule has 45 valence electrons. The highest BCUT2D eigenvalue weighted by atomic mass is 16.2. The number of nitrogens with zero attached hydrogens (tertiary/aromatic N) is 1. The van der Waals surface area contributed by atoms with Crippen LogP contribution in [-0.4, -0.2) is 17.5 Å². The maximum Gasteiger partial charge on any atom is 0.315 e. The molecule has 0 spiro atoms. The Morgan fingerprint density at radius 1 is 1.75 bits per heavy atom. The van der Waals surface area contributed by atoms with Crippen molar-refractivity contribution in [1.29, 1.82) is 0 Å². The van der Waals surface area contributed by atoms with Gasteiger partial charge in [0.1, 0.15) is 0 Å². The van der Waals surface area contributed by atoms with E-state index < -0.39 is 0 Å². The van der Waals surface area contributed by atoms with Crippen molar-refractivity contribution in [2.45, 2.75) is 12.8 Å². The van der Waals surface area contributed by atoms with Gasteiger partial charge in [0.25, 0.3) is 0 Å². The standard InChI is InChI=1S/C5H9N2O/c6-5(8)7-3-1-2-4-7/h3H,1-2,4H2,(H2,6,8). The lowest BCUT2D eigenvalue weighted by Gasteiger charge is -2.08. The van der Waals surface area contributed by atoms with Gasteiger partial charge in [-0.15, -0.1) is 0 Å². The lowest BCUT2D eigenvalue weighted by Crippen LogP contribution is -2.30. The molecule has 1 saturated heterocycles. The minimum atomic E-state index is -0.331. The van der Waals surface area contributed by atoms with E-state index in [2.05, 4.69) is 0 Å². The van der Waals surface area contributed by atoms with Crippen molar-refractivity contribution in [3.63, 3.8) is 0 Å². The molecule has 0 atom stereocenters. The Hall–Kier alpha value is -0.730. The van der Waals surface area contributed by atoms with Crippen LogP contribution in [-0.2, 0) is 0 Å². The van der Waals surface area contributed by atoms with Gasteiger partial charge in [-0.2, -0.15) is 0 Å². The molecule has 0 aromatic heterocycles. The summed E-state index contributed by atoms with van der Waals surface area (Å²) in [5.41, 5.74) is 4.95. The minimum Gasteiger partial charge on any atom is -0.351 e. The number of amides is 2. The fourth-order valence-corrected chi connectivity index (χ4v) is 0.800. The molecule has 0 bridgehead atoms. The number of urea groups is 1. The van der Waals surface area contributed by atoms with Crippen LogP contribution in [0.4, 0.5) is 4.79 Å². The monoisotopic (exact) mass is 113 g/mol. The van der Waals surface area contributed by atoms with Crippen molar-refractivity contribution >= 4 is 6.03 Å². The van der Waals surface area contributed by atoms with E-state index in [9.17, 15) is 4.79 Å². The Bertz CT molecular complexity index is 96.6. The van der Waals surface area contributed by atoms with Crippen molar-refractivity contribution in [2.75, 3.05) is 6.54 Å². The highest BCUT2D eigenvalue weighted by molar-refractivity contribution is 5.72. The topological polar surface area (TPSA) is 46.3 Å². The zero-order valence-electron chi connectivity index (χ0n) is 4.63. The second-order valence-electron chi connectivity index (χ2n) is 1.86. The molecule has 1 aliphatic heterocycles. The molecule has 0 aromatic rings. The predicted octanol–water partition coefficient (Wildman–Crippen LogP) is 0.323. The largest absolute Gasteiger partial charge is 0.351 e. The summed E-state index contributed by atoms with van der Waals surface area (Å²) in [4.78, 5) is 11.9. The van der Waals surface area contributed by atoms with Crippen molar-refractivity contribution in [3.05, 3.63) is 6.54 Å². The number of rotatable bonds is 0. The molecule has 1 radical (unpaired) electrons. The summed E-state index contributed by atoms with van der Waals surface area (Å²) in [6.07, 6.45) is 2.05. The molecule has 0 aliphatic carbocycles. The minimum absolute atomic E-state index is 0.331. The molecule has 2 N–H and O–H groups in total. The summed E-state index contributed by atoms with van der Waals surface area (Å²) < 4.78 is 0. The molecule has 0 unspecified atom stereocenters. The van der Waals surface area contributed by atoms with Gasteiger partial charge in [0.2, 0.25) is 0 Å². The highest BCUT2D eigenvalue weighted by Gasteiger charge is 2.14. The van der Waals surface area contributed by atoms with Crippen LogP contribution in [0.1, 0.15) is 12.8 Å². The van der Waals surface area contributed by atoms with E-state index in [1.165, 1.54) is 0 Å². The van der Waals surface area contributed by atoms with E-state index in [1.54, 1.807) is 4.90 Å². The first-order valence-electron chi connectivity index (χ1n) is 2.70. The van der Waals surface area contributed by atoms with Crippen molar-refractivity contribution < 1.29 is 4.79 Å². The average Bonchev–Trinajstić information content (AvgIpc) is 2.12. The molecule has 1 fully saturated rings. The third-order valence-corrected chi connectivity index (χ3v) is 1.24. The second kappa shape index (κ2) is 2.03. The quantitative estimate of drug-likeness (QED) is 0.483. The Morgan fingerprint density at radius 2 is 2.50 bits per heavy atom. The molecule has 8 heavy (non-hydrogen) atoms. The molecule has 1 rings (SSSR count). The Morgan fingerprint density at radius 3 is 2.75 bits per heavy atom. The van der Waals surface area contributed by atoms with Gasteiger partial charge in [-0.05, 0) is 12.8 Å². The van der Waals surface area contributed by atoms with Crippen LogP contribution in [0.15, 0.2) is 0 Å². The van der Waals surface area contributed by atoms with E-state index in [1.807, 2.05) is 6.54 Å². The summed E-state index contributed by atoms with van der Waals surface area (Å²) in [5, 5.41) is 0. The maximum atomic E-state index is 10.3. The maximum absolute atomic E-state index is 10.3. The number of carbonyl (C=O) groups excluding carboxylic acids is 1. The van der Waals surface area contributed by atoms with Crippen LogP contribution in [0.2, 0.25) is 0 Å². The summed E-state index contributed by atoms with van der Waals surface area (Å²) >= 11 is 0. The summed E-state index contributed by atoms with van der Waals surface area (Å²) in [6, 6.07) is -0.331. The fourth-order valence-electron chi connectivity index (χ4n) is 0.800. The zero-order chi connectivity index (χ0) is 5.98. The summed E-state index contributed by atoms with van der Waals surface area (Å²) in [6.45, 7) is 2.64. The zero-order valence-corrected chi connectivity index (χ0v) is 4.63. The molecular formula is C5H9N2O. The van der Waals surface area contributed by atoms with Gasteiger partial charge in [0.05, 0.1) is 6.54 Å². The first kappa shape index (κ1) is 5.41. The lowest BCUT2D eigenvalue weighted by molar-refractivity contribution is 0.225. The van der Waals surface area contributed by atoms with Gasteiger partial charge < -0.3 is 10.6 Å². The van der Waals surface area contributed by atoms with Crippen LogP contribution in [0.5, 0.6) is 0 Å². The fraction of sp³-hybridized carbons (Fsp3) is 0.600.